The predicted molar refractivity (Wildman–Crippen MR) is 129 cm³/mol. The monoisotopic (exact) mass is 449 g/mol. The highest BCUT2D eigenvalue weighted by Gasteiger charge is 2.44. The second-order valence-electron chi connectivity index (χ2n) is 9.65. The van der Waals surface area contributed by atoms with Crippen LogP contribution in [0.3, 0.4) is 0 Å². The number of likely N-dealkylation sites (tertiary alicyclic amines) is 1. The van der Waals surface area contributed by atoms with Crippen LogP contribution in [0.1, 0.15) is 55.0 Å². The minimum Gasteiger partial charge on any atom is -0.493 e. The van der Waals surface area contributed by atoms with E-state index < -0.39 is 0 Å². The highest BCUT2D eigenvalue weighted by Crippen LogP contribution is 2.45. The lowest BCUT2D eigenvalue weighted by molar-refractivity contribution is 0.00522. The third kappa shape index (κ3) is 4.17. The van der Waals surface area contributed by atoms with Crippen LogP contribution in [-0.4, -0.2) is 55.7 Å². The van der Waals surface area contributed by atoms with E-state index in [9.17, 15) is 4.79 Å². The number of carbonyl (C=O) groups excluding carboxylic acids is 1. The van der Waals surface area contributed by atoms with Crippen molar-refractivity contribution in [2.24, 2.45) is 5.92 Å². The zero-order chi connectivity index (χ0) is 22.9. The fourth-order valence-corrected chi connectivity index (χ4v) is 6.12. The van der Waals surface area contributed by atoms with Gasteiger partial charge in [-0.3, -0.25) is 4.90 Å². The van der Waals surface area contributed by atoms with Crippen LogP contribution in [0.25, 0.3) is 0 Å². The molecule has 1 N–H and O–H groups in total. The van der Waals surface area contributed by atoms with Gasteiger partial charge in [0.2, 0.25) is 0 Å². The maximum Gasteiger partial charge on any atom is 0.318 e. The molecule has 2 amide bonds. The van der Waals surface area contributed by atoms with E-state index in [1.165, 1.54) is 17.5 Å². The number of amides is 2. The summed E-state index contributed by atoms with van der Waals surface area (Å²) >= 11 is 0. The van der Waals surface area contributed by atoms with Crippen molar-refractivity contribution in [3.8, 4) is 11.5 Å². The first-order valence-corrected chi connectivity index (χ1v) is 12.2. The van der Waals surface area contributed by atoms with Crippen LogP contribution < -0.4 is 14.8 Å². The van der Waals surface area contributed by atoms with E-state index in [-0.39, 0.29) is 18.1 Å². The Balaban J connectivity index is 1.37. The highest BCUT2D eigenvalue weighted by molar-refractivity contribution is 5.75. The molecule has 176 valence electrons. The van der Waals surface area contributed by atoms with Crippen LogP contribution in [-0.2, 0) is 6.42 Å². The van der Waals surface area contributed by atoms with E-state index >= 15 is 0 Å². The average Bonchev–Trinajstić information content (AvgIpc) is 2.86. The summed E-state index contributed by atoms with van der Waals surface area (Å²) in [6.07, 6.45) is 4.28. The zero-order valence-corrected chi connectivity index (χ0v) is 19.9. The Labute approximate surface area is 196 Å². The summed E-state index contributed by atoms with van der Waals surface area (Å²) in [6, 6.07) is 15.1. The normalized spacial score (nSPS) is 25.3. The van der Waals surface area contributed by atoms with Crippen LogP contribution in [0.4, 0.5) is 4.79 Å². The summed E-state index contributed by atoms with van der Waals surface area (Å²) in [4.78, 5) is 18.1. The molecule has 33 heavy (non-hydrogen) atoms. The molecule has 0 bridgehead atoms. The first-order chi connectivity index (χ1) is 16.1. The molecule has 0 aromatic heterocycles. The topological polar surface area (TPSA) is 54.0 Å². The van der Waals surface area contributed by atoms with Crippen molar-refractivity contribution in [2.45, 2.75) is 50.7 Å². The summed E-state index contributed by atoms with van der Waals surface area (Å²) in [5.74, 6) is 2.12. The number of nitrogens with zero attached hydrogens (tertiary/aromatic N) is 2. The van der Waals surface area contributed by atoms with Crippen molar-refractivity contribution in [3.05, 3.63) is 59.2 Å². The van der Waals surface area contributed by atoms with Gasteiger partial charge in [0.1, 0.15) is 0 Å². The number of urea groups is 1. The molecule has 4 atom stereocenters. The van der Waals surface area contributed by atoms with Crippen LogP contribution in [0.5, 0.6) is 11.5 Å². The number of benzene rings is 2. The third-order valence-corrected chi connectivity index (χ3v) is 7.87. The van der Waals surface area contributed by atoms with Crippen LogP contribution in [0.15, 0.2) is 42.5 Å². The summed E-state index contributed by atoms with van der Waals surface area (Å²) in [6.45, 7) is 5.02. The van der Waals surface area contributed by atoms with Crippen molar-refractivity contribution < 1.29 is 14.3 Å². The molecule has 2 saturated heterocycles. The highest BCUT2D eigenvalue weighted by atomic mass is 16.5. The molecule has 3 heterocycles. The number of fused-ring (bicyclic) bond motifs is 4. The number of carbonyl (C=O) groups is 1. The Morgan fingerprint density at radius 3 is 2.61 bits per heavy atom. The van der Waals surface area contributed by atoms with E-state index in [0.29, 0.717) is 12.0 Å². The zero-order valence-electron chi connectivity index (χ0n) is 19.9. The fourth-order valence-electron chi connectivity index (χ4n) is 6.12. The van der Waals surface area contributed by atoms with Crippen molar-refractivity contribution in [1.82, 2.24) is 15.1 Å². The van der Waals surface area contributed by atoms with E-state index in [4.69, 9.17) is 9.47 Å². The summed E-state index contributed by atoms with van der Waals surface area (Å²) in [7, 11) is 3.39. The molecule has 3 aliphatic heterocycles. The maximum atomic E-state index is 13.4. The maximum absolute atomic E-state index is 13.4. The number of hydrogen-bond donors (Lipinski definition) is 1. The Hall–Kier alpha value is -2.73. The van der Waals surface area contributed by atoms with Crippen molar-refractivity contribution >= 4 is 6.03 Å². The number of hydrogen-bond acceptors (Lipinski definition) is 4. The standard InChI is InChI=1S/C27H35N3O3/c1-18(19-8-5-4-6-9-19)28-27(31)30-12-7-10-21-17-29-13-11-20-14-25(32-2)26(33-3)15-22(20)24(29)16-23(21)30/h4-6,8-9,14-15,18,21,23-24H,7,10-13,16-17H2,1-3H3,(H,28,31)/t18-,21-,23-,24+/m1/s1. The van der Waals surface area contributed by atoms with Gasteiger partial charge in [0.05, 0.1) is 20.3 Å². The number of nitrogens with one attached hydrogen (secondary N) is 1. The molecule has 0 saturated carbocycles. The molecule has 0 aliphatic carbocycles. The van der Waals surface area contributed by atoms with Crippen LogP contribution >= 0.6 is 0 Å². The van der Waals surface area contributed by atoms with Crippen LogP contribution in [0.2, 0.25) is 0 Å². The molecule has 2 aromatic rings. The lowest BCUT2D eigenvalue weighted by Gasteiger charge is -2.52. The number of piperidine rings is 2. The van der Waals surface area contributed by atoms with Gasteiger partial charge in [-0.05, 0) is 67.3 Å². The van der Waals surface area contributed by atoms with Gasteiger partial charge in [-0.2, -0.15) is 0 Å². The smallest absolute Gasteiger partial charge is 0.318 e. The van der Waals surface area contributed by atoms with Gasteiger partial charge in [-0.1, -0.05) is 30.3 Å². The summed E-state index contributed by atoms with van der Waals surface area (Å²) in [5.41, 5.74) is 3.81. The number of ether oxygens (including phenoxy) is 2. The van der Waals surface area contributed by atoms with E-state index in [1.807, 2.05) is 18.2 Å². The molecule has 0 unspecified atom stereocenters. The number of methoxy groups -OCH3 is 2. The largest absolute Gasteiger partial charge is 0.493 e. The van der Waals surface area contributed by atoms with Gasteiger partial charge in [0.15, 0.2) is 11.5 Å². The SMILES string of the molecule is COc1cc2c(cc1OC)[C@@H]1C[C@@H]3[C@H](CCCN3C(=O)N[C@H](C)c3ccccc3)CN1CC2. The fraction of sp³-hybridized carbons (Fsp3) is 0.519. The van der Waals surface area contributed by atoms with E-state index in [0.717, 1.165) is 56.0 Å². The Kier molecular flexibility index (Phi) is 6.19. The number of rotatable bonds is 4. The quantitative estimate of drug-likeness (QED) is 0.744. The minimum atomic E-state index is -0.00806. The first-order valence-electron chi connectivity index (χ1n) is 12.2. The summed E-state index contributed by atoms with van der Waals surface area (Å²) in [5, 5.41) is 3.26. The molecular formula is C27H35N3O3. The van der Waals surface area contributed by atoms with Gasteiger partial charge >= 0.3 is 6.03 Å². The average molecular weight is 450 g/mol. The van der Waals surface area contributed by atoms with E-state index in [2.05, 4.69) is 46.3 Å². The predicted octanol–water partition coefficient (Wildman–Crippen LogP) is 4.56. The van der Waals surface area contributed by atoms with Gasteiger partial charge in [-0.15, -0.1) is 0 Å². The van der Waals surface area contributed by atoms with Gasteiger partial charge in [0, 0.05) is 31.7 Å². The Morgan fingerprint density at radius 1 is 1.09 bits per heavy atom. The minimum absolute atomic E-state index is 0.00806. The molecule has 2 aromatic carbocycles. The molecule has 5 rings (SSSR count). The molecule has 0 radical (unpaired) electrons. The second kappa shape index (κ2) is 9.26. The molecule has 6 nitrogen and oxygen atoms in total. The van der Waals surface area contributed by atoms with Crippen molar-refractivity contribution in [3.63, 3.8) is 0 Å². The van der Waals surface area contributed by atoms with Crippen LogP contribution in [0, 0.1) is 5.92 Å². The molecule has 0 spiro atoms. The molecule has 6 heteroatoms. The third-order valence-electron chi connectivity index (χ3n) is 7.87. The lowest BCUT2D eigenvalue weighted by atomic mass is 9.76. The first kappa shape index (κ1) is 22.1. The molecule has 2 fully saturated rings. The second-order valence-corrected chi connectivity index (χ2v) is 9.65. The van der Waals surface area contributed by atoms with Gasteiger partial charge < -0.3 is 19.7 Å². The lowest BCUT2D eigenvalue weighted by Crippen LogP contribution is -2.59. The van der Waals surface area contributed by atoms with Crippen molar-refractivity contribution in [2.75, 3.05) is 33.9 Å². The Morgan fingerprint density at radius 2 is 1.85 bits per heavy atom. The Bertz CT molecular complexity index is 996. The molecule has 3 aliphatic rings. The molecular weight excluding hydrogens is 414 g/mol. The summed E-state index contributed by atoms with van der Waals surface area (Å²) < 4.78 is 11.2. The van der Waals surface area contributed by atoms with Gasteiger partial charge in [0.25, 0.3) is 0 Å². The van der Waals surface area contributed by atoms with Gasteiger partial charge in [-0.25, -0.2) is 4.79 Å². The van der Waals surface area contributed by atoms with E-state index in [1.54, 1.807) is 14.2 Å². The van der Waals surface area contributed by atoms with Crippen molar-refractivity contribution in [1.29, 1.82) is 0 Å².